The fourth-order valence-electron chi connectivity index (χ4n) is 2.56. The van der Waals surface area contributed by atoms with Gasteiger partial charge in [0.05, 0.1) is 5.69 Å². The lowest BCUT2D eigenvalue weighted by Crippen LogP contribution is -2.34. The van der Waals surface area contributed by atoms with E-state index in [1.807, 2.05) is 13.0 Å². The molecule has 0 aliphatic heterocycles. The predicted octanol–water partition coefficient (Wildman–Crippen LogP) is 3.15. The molecule has 0 atom stereocenters. The molecule has 17 heavy (non-hydrogen) atoms. The van der Waals surface area contributed by atoms with Gasteiger partial charge in [0.1, 0.15) is 0 Å². The molecule has 0 amide bonds. The third-order valence-corrected chi connectivity index (χ3v) is 3.59. The second kappa shape index (κ2) is 3.99. The molecule has 3 nitrogen and oxygen atoms in total. The second-order valence-electron chi connectivity index (χ2n) is 5.10. The van der Waals surface area contributed by atoms with E-state index in [0.29, 0.717) is 6.04 Å². The van der Waals surface area contributed by atoms with E-state index in [4.69, 9.17) is 0 Å². The first-order valence-corrected chi connectivity index (χ1v) is 6.22. The third-order valence-electron chi connectivity index (χ3n) is 3.59. The maximum Gasteiger partial charge on any atom is 0.156 e. The summed E-state index contributed by atoms with van der Waals surface area (Å²) < 4.78 is 0. The lowest BCUT2D eigenvalue weighted by atomic mass is 9.82. The van der Waals surface area contributed by atoms with Gasteiger partial charge >= 0.3 is 0 Å². The molecule has 0 spiro atoms. The van der Waals surface area contributed by atoms with Crippen LogP contribution in [0.5, 0.6) is 0 Å². The fraction of sp³-hybridized carbons (Fsp3) is 0.429. The van der Waals surface area contributed by atoms with Gasteiger partial charge in [-0.1, -0.05) is 31.2 Å². The average molecular weight is 227 g/mol. The van der Waals surface area contributed by atoms with E-state index in [-0.39, 0.29) is 0 Å². The Bertz CT molecular complexity index is 544. The summed E-state index contributed by atoms with van der Waals surface area (Å²) >= 11 is 0. The summed E-state index contributed by atoms with van der Waals surface area (Å²) in [5.74, 6) is 1.78. The molecule has 0 saturated heterocycles. The molecular formula is C14H17N3. The Morgan fingerprint density at radius 2 is 1.82 bits per heavy atom. The zero-order valence-corrected chi connectivity index (χ0v) is 10.3. The molecule has 1 aromatic heterocycles. The Hall–Kier alpha value is -1.64. The molecule has 1 fully saturated rings. The molecule has 3 rings (SSSR count). The molecule has 1 N–H and O–H groups in total. The lowest BCUT2D eigenvalue weighted by molar-refractivity contribution is 0.308. The highest BCUT2D eigenvalue weighted by Crippen LogP contribution is 2.31. The SMILES string of the molecule is Cc1nnc(NC2CC(C)C2)c2ccccc12. The van der Waals surface area contributed by atoms with Crippen molar-refractivity contribution in [2.75, 3.05) is 5.32 Å². The molecule has 0 unspecified atom stereocenters. The van der Waals surface area contributed by atoms with Crippen molar-refractivity contribution in [1.29, 1.82) is 0 Å². The summed E-state index contributed by atoms with van der Waals surface area (Å²) in [7, 11) is 0. The molecule has 3 heteroatoms. The maximum atomic E-state index is 4.29. The molecule has 1 aliphatic rings. The van der Waals surface area contributed by atoms with Gasteiger partial charge in [0.15, 0.2) is 5.82 Å². The van der Waals surface area contributed by atoms with Crippen molar-refractivity contribution >= 4 is 16.6 Å². The van der Waals surface area contributed by atoms with E-state index < -0.39 is 0 Å². The minimum absolute atomic E-state index is 0.574. The summed E-state index contributed by atoms with van der Waals surface area (Å²) in [4.78, 5) is 0. The zero-order chi connectivity index (χ0) is 11.8. The number of hydrogen-bond donors (Lipinski definition) is 1. The average Bonchev–Trinajstić information content (AvgIpc) is 2.31. The van der Waals surface area contributed by atoms with Crippen LogP contribution in [0.1, 0.15) is 25.5 Å². The number of anilines is 1. The van der Waals surface area contributed by atoms with Crippen LogP contribution in [0.15, 0.2) is 24.3 Å². The Kier molecular flexibility index (Phi) is 2.46. The zero-order valence-electron chi connectivity index (χ0n) is 10.3. The summed E-state index contributed by atoms with van der Waals surface area (Å²) in [6.45, 7) is 4.29. The van der Waals surface area contributed by atoms with Crippen LogP contribution in [0.4, 0.5) is 5.82 Å². The van der Waals surface area contributed by atoms with E-state index in [9.17, 15) is 0 Å². The van der Waals surface area contributed by atoms with Crippen LogP contribution in [0.3, 0.4) is 0 Å². The topological polar surface area (TPSA) is 37.8 Å². The quantitative estimate of drug-likeness (QED) is 0.856. The number of fused-ring (bicyclic) bond motifs is 1. The normalized spacial score (nSPS) is 23.4. The van der Waals surface area contributed by atoms with Crippen molar-refractivity contribution in [1.82, 2.24) is 10.2 Å². The molecule has 0 bridgehead atoms. The monoisotopic (exact) mass is 227 g/mol. The highest BCUT2D eigenvalue weighted by atomic mass is 15.2. The first-order chi connectivity index (χ1) is 8.24. The van der Waals surface area contributed by atoms with Gasteiger partial charge in [-0.2, -0.15) is 5.10 Å². The van der Waals surface area contributed by atoms with Crippen molar-refractivity contribution in [3.05, 3.63) is 30.0 Å². The van der Waals surface area contributed by atoms with E-state index >= 15 is 0 Å². The minimum Gasteiger partial charge on any atom is -0.365 e. The summed E-state index contributed by atoms with van der Waals surface area (Å²) in [6, 6.07) is 8.89. The number of rotatable bonds is 2. The van der Waals surface area contributed by atoms with E-state index in [1.54, 1.807) is 0 Å². The van der Waals surface area contributed by atoms with Crippen LogP contribution in [-0.2, 0) is 0 Å². The molecule has 1 heterocycles. The van der Waals surface area contributed by atoms with Gasteiger partial charge in [0, 0.05) is 16.8 Å². The summed E-state index contributed by atoms with van der Waals surface area (Å²) in [5.41, 5.74) is 0.994. The van der Waals surface area contributed by atoms with Gasteiger partial charge < -0.3 is 5.32 Å². The number of benzene rings is 1. The van der Waals surface area contributed by atoms with Gasteiger partial charge in [-0.25, -0.2) is 0 Å². The molecule has 1 aliphatic carbocycles. The number of aryl methyl sites for hydroxylation is 1. The first-order valence-electron chi connectivity index (χ1n) is 6.22. The van der Waals surface area contributed by atoms with Crippen molar-refractivity contribution in [2.45, 2.75) is 32.7 Å². The standard InChI is InChI=1S/C14H17N3/c1-9-7-11(8-9)15-14-13-6-4-3-5-12(13)10(2)16-17-14/h3-6,9,11H,7-8H2,1-2H3,(H,15,17). The molecule has 88 valence electrons. The minimum atomic E-state index is 0.574. The predicted molar refractivity (Wildman–Crippen MR) is 70.1 cm³/mol. The highest BCUT2D eigenvalue weighted by Gasteiger charge is 2.25. The number of nitrogens with one attached hydrogen (secondary N) is 1. The maximum absolute atomic E-state index is 4.29. The van der Waals surface area contributed by atoms with Crippen molar-refractivity contribution < 1.29 is 0 Å². The summed E-state index contributed by atoms with van der Waals surface area (Å²) in [5, 5.41) is 14.4. The number of nitrogens with zero attached hydrogens (tertiary/aromatic N) is 2. The summed E-state index contributed by atoms with van der Waals surface area (Å²) in [6.07, 6.45) is 2.48. The van der Waals surface area contributed by atoms with Gasteiger partial charge in [-0.05, 0) is 25.7 Å². The van der Waals surface area contributed by atoms with Crippen LogP contribution >= 0.6 is 0 Å². The van der Waals surface area contributed by atoms with Crippen LogP contribution < -0.4 is 5.32 Å². The van der Waals surface area contributed by atoms with Gasteiger partial charge in [0.2, 0.25) is 0 Å². The van der Waals surface area contributed by atoms with Gasteiger partial charge in [0.25, 0.3) is 0 Å². The molecule has 1 saturated carbocycles. The number of hydrogen-bond acceptors (Lipinski definition) is 3. The molecule has 1 aromatic carbocycles. The van der Waals surface area contributed by atoms with Crippen LogP contribution in [0.2, 0.25) is 0 Å². The second-order valence-corrected chi connectivity index (χ2v) is 5.10. The molecular weight excluding hydrogens is 210 g/mol. The third kappa shape index (κ3) is 1.86. The van der Waals surface area contributed by atoms with Crippen LogP contribution in [-0.4, -0.2) is 16.2 Å². The van der Waals surface area contributed by atoms with Crippen molar-refractivity contribution in [2.24, 2.45) is 5.92 Å². The Labute approximate surface area is 101 Å². The van der Waals surface area contributed by atoms with Gasteiger partial charge in [-0.3, -0.25) is 0 Å². The number of aromatic nitrogens is 2. The Morgan fingerprint density at radius 1 is 1.12 bits per heavy atom. The largest absolute Gasteiger partial charge is 0.365 e. The van der Waals surface area contributed by atoms with Gasteiger partial charge in [-0.15, -0.1) is 5.10 Å². The van der Waals surface area contributed by atoms with Crippen molar-refractivity contribution in [3.8, 4) is 0 Å². The molecule has 2 aromatic rings. The van der Waals surface area contributed by atoms with Crippen molar-refractivity contribution in [3.63, 3.8) is 0 Å². The highest BCUT2D eigenvalue weighted by molar-refractivity contribution is 5.92. The fourth-order valence-corrected chi connectivity index (χ4v) is 2.56. The van der Waals surface area contributed by atoms with E-state index in [0.717, 1.165) is 17.4 Å². The molecule has 0 radical (unpaired) electrons. The first kappa shape index (κ1) is 10.5. The van der Waals surface area contributed by atoms with E-state index in [1.165, 1.54) is 23.6 Å². The lowest BCUT2D eigenvalue weighted by Gasteiger charge is -2.33. The smallest absolute Gasteiger partial charge is 0.156 e. The van der Waals surface area contributed by atoms with Crippen LogP contribution in [0, 0.1) is 12.8 Å². The Balaban J connectivity index is 1.96. The van der Waals surface area contributed by atoms with Crippen LogP contribution in [0.25, 0.3) is 10.8 Å². The van der Waals surface area contributed by atoms with E-state index in [2.05, 4.69) is 40.6 Å². The Morgan fingerprint density at radius 3 is 2.53 bits per heavy atom.